The maximum Gasteiger partial charge on any atom is 0.338 e. The van der Waals surface area contributed by atoms with Gasteiger partial charge in [-0.2, -0.15) is 0 Å². The van der Waals surface area contributed by atoms with Gasteiger partial charge in [0.15, 0.2) is 6.61 Å². The SMILES string of the molecule is C=CCN(CC=C)C(=O)COC(=O)c1cccc(S(=O)(=O)N2c3ccccc3CC2C)c1. The highest BCUT2D eigenvalue weighted by Gasteiger charge is 2.36. The third-order valence-electron chi connectivity index (χ3n) is 5.15. The van der Waals surface area contributed by atoms with E-state index in [2.05, 4.69) is 13.2 Å². The van der Waals surface area contributed by atoms with Crippen molar-refractivity contribution in [2.75, 3.05) is 24.0 Å². The standard InChI is InChI=1S/C24H26N2O5S/c1-4-13-25(14-5-2)23(27)17-31-24(28)20-10-8-11-21(16-20)32(29,30)26-18(3)15-19-9-6-7-12-22(19)26/h4-12,16,18H,1-2,13-15,17H2,3H3. The Labute approximate surface area is 188 Å². The first-order chi connectivity index (χ1) is 15.3. The van der Waals surface area contributed by atoms with Crippen LogP contribution in [0.2, 0.25) is 0 Å². The highest BCUT2D eigenvalue weighted by atomic mass is 32.2. The van der Waals surface area contributed by atoms with Crippen LogP contribution in [0, 0.1) is 0 Å². The molecule has 0 N–H and O–H groups in total. The van der Waals surface area contributed by atoms with Gasteiger partial charge in [0.05, 0.1) is 16.1 Å². The van der Waals surface area contributed by atoms with E-state index in [1.54, 1.807) is 24.3 Å². The molecule has 0 bridgehead atoms. The van der Waals surface area contributed by atoms with Crippen LogP contribution in [0.15, 0.2) is 78.7 Å². The summed E-state index contributed by atoms with van der Waals surface area (Å²) in [6.07, 6.45) is 3.75. The van der Waals surface area contributed by atoms with Crippen molar-refractivity contribution in [2.45, 2.75) is 24.3 Å². The average molecular weight is 455 g/mol. The van der Waals surface area contributed by atoms with Gasteiger partial charge in [0.1, 0.15) is 0 Å². The molecule has 32 heavy (non-hydrogen) atoms. The summed E-state index contributed by atoms with van der Waals surface area (Å²) >= 11 is 0. The van der Waals surface area contributed by atoms with E-state index in [-0.39, 0.29) is 16.5 Å². The van der Waals surface area contributed by atoms with E-state index in [0.717, 1.165) is 5.56 Å². The minimum atomic E-state index is -3.89. The Balaban J connectivity index is 1.78. The van der Waals surface area contributed by atoms with E-state index in [4.69, 9.17) is 4.74 Å². The summed E-state index contributed by atoms with van der Waals surface area (Å²) < 4.78 is 33.3. The van der Waals surface area contributed by atoms with Crippen molar-refractivity contribution in [3.63, 3.8) is 0 Å². The molecule has 1 aliphatic rings. The molecule has 2 aromatic carbocycles. The first-order valence-corrected chi connectivity index (χ1v) is 11.6. The average Bonchev–Trinajstić information content (AvgIpc) is 3.13. The third kappa shape index (κ3) is 4.75. The fourth-order valence-electron chi connectivity index (χ4n) is 3.69. The second kappa shape index (κ2) is 9.82. The van der Waals surface area contributed by atoms with Crippen LogP contribution in [-0.2, 0) is 26.0 Å². The lowest BCUT2D eigenvalue weighted by atomic mass is 10.1. The van der Waals surface area contributed by atoms with Gasteiger partial charge in [-0.1, -0.05) is 36.4 Å². The summed E-state index contributed by atoms with van der Waals surface area (Å²) in [6, 6.07) is 12.8. The highest BCUT2D eigenvalue weighted by molar-refractivity contribution is 7.92. The summed E-state index contributed by atoms with van der Waals surface area (Å²) in [4.78, 5) is 26.2. The first-order valence-electron chi connectivity index (χ1n) is 10.2. The molecule has 1 aliphatic heterocycles. The number of hydrogen-bond acceptors (Lipinski definition) is 5. The fraction of sp³-hybridized carbons (Fsp3) is 0.250. The summed E-state index contributed by atoms with van der Waals surface area (Å²) in [7, 11) is -3.89. The van der Waals surface area contributed by atoms with Crippen LogP contribution in [0.25, 0.3) is 0 Å². The van der Waals surface area contributed by atoms with Crippen molar-refractivity contribution >= 4 is 27.6 Å². The molecular formula is C24H26N2O5S. The number of rotatable bonds is 9. The molecule has 1 amide bonds. The van der Waals surface area contributed by atoms with E-state index < -0.39 is 28.5 Å². The lowest BCUT2D eigenvalue weighted by Gasteiger charge is -2.24. The number of amides is 1. The molecule has 1 atom stereocenters. The molecule has 0 saturated carbocycles. The number of sulfonamides is 1. The zero-order valence-electron chi connectivity index (χ0n) is 17.9. The Kier molecular flexibility index (Phi) is 7.15. The molecule has 0 fully saturated rings. The number of esters is 1. The number of nitrogens with zero attached hydrogens (tertiary/aromatic N) is 2. The number of fused-ring (bicyclic) bond motifs is 1. The van der Waals surface area contributed by atoms with Crippen molar-refractivity contribution in [1.82, 2.24) is 4.90 Å². The smallest absolute Gasteiger partial charge is 0.338 e. The third-order valence-corrected chi connectivity index (χ3v) is 7.07. The molecule has 2 aromatic rings. The summed E-state index contributed by atoms with van der Waals surface area (Å²) in [6.45, 7) is 9.17. The predicted octanol–water partition coefficient (Wildman–Crippen LogP) is 3.18. The van der Waals surface area contributed by atoms with E-state index in [0.29, 0.717) is 25.2 Å². The molecule has 168 valence electrons. The van der Waals surface area contributed by atoms with Crippen molar-refractivity contribution in [1.29, 1.82) is 0 Å². The van der Waals surface area contributed by atoms with Crippen LogP contribution in [0.1, 0.15) is 22.8 Å². The van der Waals surface area contributed by atoms with Crippen molar-refractivity contribution in [3.8, 4) is 0 Å². The Morgan fingerprint density at radius 1 is 1.12 bits per heavy atom. The van der Waals surface area contributed by atoms with Gasteiger partial charge >= 0.3 is 5.97 Å². The Morgan fingerprint density at radius 3 is 2.50 bits per heavy atom. The maximum absolute atomic E-state index is 13.4. The van der Waals surface area contributed by atoms with E-state index in [1.807, 2.05) is 19.1 Å². The van der Waals surface area contributed by atoms with E-state index in [9.17, 15) is 18.0 Å². The van der Waals surface area contributed by atoms with Gasteiger partial charge in [0.25, 0.3) is 15.9 Å². The monoisotopic (exact) mass is 454 g/mol. The van der Waals surface area contributed by atoms with Crippen molar-refractivity contribution in [3.05, 3.63) is 85.0 Å². The lowest BCUT2D eigenvalue weighted by Crippen LogP contribution is -2.36. The van der Waals surface area contributed by atoms with Gasteiger partial charge < -0.3 is 9.64 Å². The molecule has 1 heterocycles. The Hall–Kier alpha value is -3.39. The lowest BCUT2D eigenvalue weighted by molar-refractivity contribution is -0.133. The van der Waals surface area contributed by atoms with Gasteiger partial charge in [-0.25, -0.2) is 13.2 Å². The summed E-state index contributed by atoms with van der Waals surface area (Å²) in [5, 5.41) is 0. The molecule has 0 radical (unpaired) electrons. The molecule has 7 nitrogen and oxygen atoms in total. The molecule has 3 rings (SSSR count). The van der Waals surface area contributed by atoms with Crippen LogP contribution in [0.5, 0.6) is 0 Å². The maximum atomic E-state index is 13.4. The topological polar surface area (TPSA) is 84.0 Å². The Morgan fingerprint density at radius 2 is 1.81 bits per heavy atom. The molecule has 0 aromatic heterocycles. The number of carbonyl (C=O) groups is 2. The second-order valence-corrected chi connectivity index (χ2v) is 9.28. The number of ether oxygens (including phenoxy) is 1. The van der Waals surface area contributed by atoms with Gasteiger partial charge in [-0.15, -0.1) is 13.2 Å². The van der Waals surface area contributed by atoms with Crippen LogP contribution < -0.4 is 4.31 Å². The van der Waals surface area contributed by atoms with E-state index >= 15 is 0 Å². The molecule has 1 unspecified atom stereocenters. The number of anilines is 1. The summed E-state index contributed by atoms with van der Waals surface area (Å²) in [5.74, 6) is -1.17. The van der Waals surface area contributed by atoms with Crippen LogP contribution >= 0.6 is 0 Å². The minimum Gasteiger partial charge on any atom is -0.452 e. The minimum absolute atomic E-state index is 0.0122. The number of para-hydroxylation sites is 1. The van der Waals surface area contributed by atoms with Gasteiger partial charge in [-0.05, 0) is 43.2 Å². The van der Waals surface area contributed by atoms with Crippen molar-refractivity contribution in [2.24, 2.45) is 0 Å². The van der Waals surface area contributed by atoms with Crippen molar-refractivity contribution < 1.29 is 22.7 Å². The van der Waals surface area contributed by atoms with E-state index in [1.165, 1.54) is 33.5 Å². The second-order valence-electron chi connectivity index (χ2n) is 7.46. The zero-order chi connectivity index (χ0) is 23.3. The predicted molar refractivity (Wildman–Crippen MR) is 123 cm³/mol. The van der Waals surface area contributed by atoms with Gasteiger partial charge in [-0.3, -0.25) is 9.10 Å². The van der Waals surface area contributed by atoms with Crippen LogP contribution in [-0.4, -0.2) is 50.9 Å². The largest absolute Gasteiger partial charge is 0.452 e. The Bertz CT molecular complexity index is 1130. The fourth-order valence-corrected chi connectivity index (χ4v) is 5.43. The first kappa shape index (κ1) is 23.3. The van der Waals surface area contributed by atoms with Gasteiger partial charge in [0, 0.05) is 19.1 Å². The molecular weight excluding hydrogens is 428 g/mol. The number of hydrogen-bond donors (Lipinski definition) is 0. The normalized spacial score (nSPS) is 15.0. The molecule has 0 saturated heterocycles. The van der Waals surface area contributed by atoms with Crippen LogP contribution in [0.4, 0.5) is 5.69 Å². The molecule has 0 spiro atoms. The summed E-state index contributed by atoms with van der Waals surface area (Å²) in [5.41, 5.74) is 1.65. The van der Waals surface area contributed by atoms with Gasteiger partial charge in [0.2, 0.25) is 0 Å². The highest BCUT2D eigenvalue weighted by Crippen LogP contribution is 2.36. The zero-order valence-corrected chi connectivity index (χ0v) is 18.8. The van der Waals surface area contributed by atoms with Crippen LogP contribution in [0.3, 0.4) is 0 Å². The number of carbonyl (C=O) groups excluding carboxylic acids is 2. The number of benzene rings is 2. The quantitative estimate of drug-likeness (QED) is 0.429. The molecule has 0 aliphatic carbocycles. The molecule has 8 heteroatoms.